The lowest BCUT2D eigenvalue weighted by molar-refractivity contribution is 0.563. The minimum absolute atomic E-state index is 0.203. The minimum Gasteiger partial charge on any atom is -0.309 e. The second-order valence-corrected chi connectivity index (χ2v) is 23.0. The molecule has 1 spiro atoms. The Hall–Kier alpha value is -7.76. The van der Waals surface area contributed by atoms with E-state index in [4.69, 9.17) is 0 Å². The number of benzene rings is 10. The molecule has 10 aromatic carbocycles. The monoisotopic (exact) mass is 988 g/mol. The molecule has 0 fully saturated rings. The predicted octanol–water partition coefficient (Wildman–Crippen LogP) is 20.1. The maximum absolute atomic E-state index is 2.55. The fourth-order valence-electron chi connectivity index (χ4n) is 13.2. The highest BCUT2D eigenvalue weighted by atomic mass is 32.1. The van der Waals surface area contributed by atoms with Crippen molar-refractivity contribution in [1.29, 1.82) is 0 Å². The molecular weight excluding hydrogens is 933 g/mol. The molecule has 14 rings (SSSR count). The van der Waals surface area contributed by atoms with Gasteiger partial charge in [0.2, 0.25) is 0 Å². The van der Waals surface area contributed by atoms with Crippen LogP contribution in [0.1, 0.15) is 83.3 Å². The maximum Gasteiger partial charge on any atom is 0.0719 e. The molecule has 0 amide bonds. The van der Waals surface area contributed by atoms with Crippen molar-refractivity contribution in [3.63, 3.8) is 0 Å². The van der Waals surface area contributed by atoms with E-state index in [1.165, 1.54) is 130 Å². The van der Waals surface area contributed by atoms with Gasteiger partial charge in [-0.2, -0.15) is 0 Å². The van der Waals surface area contributed by atoms with Crippen LogP contribution in [0.3, 0.4) is 0 Å². The number of aryl methyl sites for hydroxylation is 4. The molecule has 2 nitrogen and oxygen atoms in total. The summed E-state index contributed by atoms with van der Waals surface area (Å²) < 4.78 is 5.37. The summed E-state index contributed by atoms with van der Waals surface area (Å²) in [5, 5.41) is 5.28. The zero-order valence-corrected chi connectivity index (χ0v) is 44.4. The highest BCUT2D eigenvalue weighted by Crippen LogP contribution is 2.64. The molecule has 4 heteroatoms. The van der Waals surface area contributed by atoms with Gasteiger partial charge in [-0.05, 0) is 142 Å². The van der Waals surface area contributed by atoms with Crippen LogP contribution < -0.4 is 9.80 Å². The summed E-state index contributed by atoms with van der Waals surface area (Å²) in [7, 11) is 0. The summed E-state index contributed by atoms with van der Waals surface area (Å²) in [4.78, 5) is 5.09. The van der Waals surface area contributed by atoms with Crippen molar-refractivity contribution in [3.8, 4) is 11.1 Å². The Bertz CT molecular complexity index is 3990. The quantitative estimate of drug-likeness (QED) is 0.150. The third-order valence-corrected chi connectivity index (χ3v) is 19.4. The van der Waals surface area contributed by atoms with Crippen molar-refractivity contribution < 1.29 is 0 Å². The van der Waals surface area contributed by atoms with Gasteiger partial charge >= 0.3 is 0 Å². The van der Waals surface area contributed by atoms with Crippen LogP contribution in [0.15, 0.2) is 206 Å². The fraction of sp³-hybridized carbons (Fsp3) is 0.143. The van der Waals surface area contributed by atoms with Gasteiger partial charge < -0.3 is 9.80 Å². The largest absolute Gasteiger partial charge is 0.309 e. The summed E-state index contributed by atoms with van der Waals surface area (Å²) in [6.45, 7) is 13.9. The van der Waals surface area contributed by atoms with Gasteiger partial charge in [-0.1, -0.05) is 185 Å². The van der Waals surface area contributed by atoms with Crippen LogP contribution in [0, 0.1) is 13.8 Å². The molecule has 0 N–H and O–H groups in total. The number of rotatable bonds is 8. The lowest BCUT2D eigenvalue weighted by atomic mass is 9.55. The average molecular weight is 989 g/mol. The van der Waals surface area contributed by atoms with Gasteiger partial charge in [-0.15, -0.1) is 22.7 Å². The van der Waals surface area contributed by atoms with Crippen LogP contribution in [0.5, 0.6) is 0 Å². The van der Waals surface area contributed by atoms with E-state index in [1.807, 2.05) is 22.7 Å². The van der Waals surface area contributed by atoms with Crippen molar-refractivity contribution in [3.05, 3.63) is 262 Å². The Morgan fingerprint density at radius 1 is 0.351 bits per heavy atom. The maximum atomic E-state index is 2.55. The zero-order valence-electron chi connectivity index (χ0n) is 42.8. The molecule has 2 aliphatic rings. The van der Waals surface area contributed by atoms with Crippen LogP contribution in [0.4, 0.5) is 34.1 Å². The third-order valence-electron chi connectivity index (χ3n) is 16.8. The smallest absolute Gasteiger partial charge is 0.0719 e. The molecule has 0 unspecified atom stereocenters. The first kappa shape index (κ1) is 44.9. The summed E-state index contributed by atoms with van der Waals surface area (Å²) in [5.41, 5.74) is 22.2. The molecule has 0 radical (unpaired) electrons. The first-order valence-electron chi connectivity index (χ1n) is 26.3. The van der Waals surface area contributed by atoms with Gasteiger partial charge in [-0.25, -0.2) is 0 Å². The summed E-state index contributed by atoms with van der Waals surface area (Å²) in [6.07, 6.45) is 2.00. The van der Waals surface area contributed by atoms with Gasteiger partial charge in [0.15, 0.2) is 0 Å². The molecule has 2 heterocycles. The Morgan fingerprint density at radius 3 is 1.14 bits per heavy atom. The Kier molecular flexibility index (Phi) is 10.3. The number of para-hydroxylation sites is 2. The van der Waals surface area contributed by atoms with E-state index >= 15 is 0 Å². The summed E-state index contributed by atoms with van der Waals surface area (Å²) in [6, 6.07) is 78.8. The van der Waals surface area contributed by atoms with Crippen molar-refractivity contribution in [2.75, 3.05) is 9.80 Å². The summed E-state index contributed by atoms with van der Waals surface area (Å²) in [5.74, 6) is 0. The molecule has 12 aromatic rings. The lowest BCUT2D eigenvalue weighted by Crippen LogP contribution is -2.40. The van der Waals surface area contributed by atoms with Crippen molar-refractivity contribution in [2.24, 2.45) is 0 Å². The SMILES string of the molecule is CCc1cccc2c1sc1c(N(c3ccc4c(c3)-c3cc(N(c5ccccc5C)c5cccc6c5sc5c(CC)cccc56)ccc3C43c4ccccc4C(C)(C)c4ccccc43)c3ccccc3C)cccc12. The molecule has 0 atom stereocenters. The molecule has 0 saturated carbocycles. The van der Waals surface area contributed by atoms with E-state index in [0.29, 0.717) is 0 Å². The first-order chi connectivity index (χ1) is 36.2. The van der Waals surface area contributed by atoms with Crippen molar-refractivity contribution in [1.82, 2.24) is 0 Å². The molecule has 2 aromatic heterocycles. The van der Waals surface area contributed by atoms with Gasteiger partial charge in [0.1, 0.15) is 0 Å². The van der Waals surface area contributed by atoms with Crippen LogP contribution >= 0.6 is 22.7 Å². The van der Waals surface area contributed by atoms with Crippen LogP contribution in [-0.4, -0.2) is 0 Å². The molecule has 2 aliphatic carbocycles. The number of fused-ring (bicyclic) bond motifs is 15. The Labute approximate surface area is 442 Å². The molecule has 0 saturated heterocycles. The van der Waals surface area contributed by atoms with E-state index in [2.05, 4.69) is 258 Å². The molecule has 0 aliphatic heterocycles. The van der Waals surface area contributed by atoms with Crippen molar-refractivity contribution >= 4 is 97.1 Å². The highest BCUT2D eigenvalue weighted by molar-refractivity contribution is 7.27. The minimum atomic E-state index is -0.560. The second kappa shape index (κ2) is 16.9. The van der Waals surface area contributed by atoms with Crippen LogP contribution in [0.25, 0.3) is 51.5 Å². The van der Waals surface area contributed by atoms with E-state index in [-0.39, 0.29) is 5.41 Å². The Morgan fingerprint density at radius 2 is 0.716 bits per heavy atom. The molecule has 74 heavy (non-hydrogen) atoms. The molecule has 0 bridgehead atoms. The molecular formula is C70H56N2S2. The normalized spacial score (nSPS) is 13.9. The standard InChI is InChI=1S/C70H56N2S2/c1-7-45-23-17-25-49-51-27-19-35-63(67(51)73-65(45)49)71(61-33-15-9-21-43(61)3)47-37-39-55-53(41-47)54-42-48(38-40-56(54)70(55)59-31-13-11-29-57(59)69(5,6)58-30-12-14-32-60(58)70)72(62-34-16-10-22-44(62)4)64-36-20-28-52-50-26-18-24-46(8-2)66(50)74-68(52)64/h9-42H,7-8H2,1-6H3. The fourth-order valence-corrected chi connectivity index (χ4v) is 16.0. The van der Waals surface area contributed by atoms with Gasteiger partial charge in [0, 0.05) is 59.1 Å². The number of thiophene rings is 2. The lowest BCUT2D eigenvalue weighted by Gasteiger charge is -2.46. The van der Waals surface area contributed by atoms with Gasteiger partial charge in [0.25, 0.3) is 0 Å². The van der Waals surface area contributed by atoms with E-state index < -0.39 is 5.41 Å². The average Bonchev–Trinajstić information content (AvgIpc) is 4.26. The predicted molar refractivity (Wildman–Crippen MR) is 319 cm³/mol. The molecule has 358 valence electrons. The van der Waals surface area contributed by atoms with E-state index in [1.54, 1.807) is 0 Å². The Balaban J connectivity index is 1.07. The number of hydrogen-bond acceptors (Lipinski definition) is 4. The highest BCUT2D eigenvalue weighted by Gasteiger charge is 2.53. The van der Waals surface area contributed by atoms with Crippen LogP contribution in [0.2, 0.25) is 0 Å². The van der Waals surface area contributed by atoms with Gasteiger partial charge in [0.05, 0.1) is 26.2 Å². The second-order valence-electron chi connectivity index (χ2n) is 21.0. The summed E-state index contributed by atoms with van der Waals surface area (Å²) >= 11 is 3.88. The topological polar surface area (TPSA) is 6.48 Å². The number of nitrogens with zero attached hydrogens (tertiary/aromatic N) is 2. The van der Waals surface area contributed by atoms with Crippen molar-refractivity contribution in [2.45, 2.75) is 65.2 Å². The zero-order chi connectivity index (χ0) is 50.0. The van der Waals surface area contributed by atoms with E-state index in [0.717, 1.165) is 24.2 Å². The van der Waals surface area contributed by atoms with Crippen LogP contribution in [-0.2, 0) is 23.7 Å². The third kappa shape index (κ3) is 6.28. The first-order valence-corrected chi connectivity index (χ1v) is 27.9. The van der Waals surface area contributed by atoms with E-state index in [9.17, 15) is 0 Å². The number of hydrogen-bond donors (Lipinski definition) is 0. The van der Waals surface area contributed by atoms with Gasteiger partial charge in [-0.3, -0.25) is 0 Å². The number of anilines is 6.